The maximum atomic E-state index is 4.30. The molecule has 0 aromatic heterocycles. The molecule has 0 bridgehead atoms. The molecule has 1 nitrogen and oxygen atoms in total. The summed E-state index contributed by atoms with van der Waals surface area (Å²) in [4.78, 5) is 0. The maximum absolute atomic E-state index is 4.30. The van der Waals surface area contributed by atoms with Gasteiger partial charge in [-0.15, -0.1) is 0 Å². The third-order valence-electron chi connectivity index (χ3n) is 2.10. The third-order valence-corrected chi connectivity index (χ3v) is 4.48. The number of benzene rings is 2. The van der Waals surface area contributed by atoms with Gasteiger partial charge in [-0.2, -0.15) is 4.41 Å². The smallest absolute Gasteiger partial charge is 0.154 e. The summed E-state index contributed by atoms with van der Waals surface area (Å²) in [5.74, 6) is 0. The summed E-state index contributed by atoms with van der Waals surface area (Å²) < 4.78 is 4.30. The summed E-state index contributed by atoms with van der Waals surface area (Å²) in [6, 6.07) is 20.7. The molecule has 0 unspecified atom stereocenters. The predicted molar refractivity (Wildman–Crippen MR) is 67.3 cm³/mol. The van der Waals surface area contributed by atoms with Crippen LogP contribution in [0.5, 0.6) is 0 Å². The molecule has 0 saturated carbocycles. The minimum atomic E-state index is -0.610. The summed E-state index contributed by atoms with van der Waals surface area (Å²) in [6.07, 6.45) is 0. The lowest BCUT2D eigenvalue weighted by Crippen LogP contribution is -2.05. The van der Waals surface area contributed by atoms with Crippen LogP contribution in [0.3, 0.4) is 0 Å². The van der Waals surface area contributed by atoms with E-state index in [4.69, 9.17) is 0 Å². The van der Waals surface area contributed by atoms with Crippen LogP contribution in [0, 0.1) is 0 Å². The highest BCUT2D eigenvalue weighted by molar-refractivity contribution is 7.64. The van der Waals surface area contributed by atoms with Gasteiger partial charge in [0.1, 0.15) is 0 Å². The Hall–Kier alpha value is -1.24. The molecule has 0 amide bonds. The van der Waals surface area contributed by atoms with Crippen molar-refractivity contribution in [1.82, 2.24) is 0 Å². The molecule has 0 aliphatic rings. The molecule has 3 radical (unpaired) electrons. The molecule has 0 spiro atoms. The fourth-order valence-corrected chi connectivity index (χ4v) is 3.53. The second-order valence-corrected chi connectivity index (χ2v) is 5.54. The SMILES string of the molecule is [Si]N=[P+](c1ccccc1)c1ccccc1. The molecule has 0 atom stereocenters. The van der Waals surface area contributed by atoms with Gasteiger partial charge in [-0.1, -0.05) is 36.4 Å². The van der Waals surface area contributed by atoms with Gasteiger partial charge in [0.15, 0.2) is 10.6 Å². The van der Waals surface area contributed by atoms with Crippen LogP contribution in [-0.4, -0.2) is 10.4 Å². The summed E-state index contributed by atoms with van der Waals surface area (Å²) in [6.45, 7) is 0. The average molecular weight is 227 g/mol. The van der Waals surface area contributed by atoms with Gasteiger partial charge in [0, 0.05) is 0 Å². The van der Waals surface area contributed by atoms with Gasteiger partial charge in [0.2, 0.25) is 0 Å². The predicted octanol–water partition coefficient (Wildman–Crippen LogP) is 2.39. The summed E-state index contributed by atoms with van der Waals surface area (Å²) in [5.41, 5.74) is 0. The van der Waals surface area contributed by atoms with E-state index in [-0.39, 0.29) is 0 Å². The molecule has 0 saturated heterocycles. The van der Waals surface area contributed by atoms with Gasteiger partial charge in [-0.3, -0.25) is 0 Å². The van der Waals surface area contributed by atoms with Crippen molar-refractivity contribution in [2.75, 3.05) is 0 Å². The molecular formula is C12H10NPSi+. The standard InChI is InChI=1S/C12H10NPSi/c15-13-14(11-7-3-1-4-8-11)12-9-5-2-6-10-12/h1-10H/q+1. The Labute approximate surface area is 94.1 Å². The van der Waals surface area contributed by atoms with Crippen molar-refractivity contribution in [3.05, 3.63) is 60.7 Å². The lowest BCUT2D eigenvalue weighted by molar-refractivity contribution is 1.75. The third kappa shape index (κ3) is 2.41. The Kier molecular flexibility index (Phi) is 3.44. The van der Waals surface area contributed by atoms with Crippen molar-refractivity contribution < 1.29 is 0 Å². The van der Waals surface area contributed by atoms with Crippen LogP contribution in [0.15, 0.2) is 65.1 Å². The highest BCUT2D eigenvalue weighted by Crippen LogP contribution is 2.22. The van der Waals surface area contributed by atoms with E-state index in [1.54, 1.807) is 0 Å². The summed E-state index contributed by atoms with van der Waals surface area (Å²) in [7, 11) is 2.68. The van der Waals surface area contributed by atoms with E-state index in [2.05, 4.69) is 39.1 Å². The van der Waals surface area contributed by atoms with E-state index in [1.165, 1.54) is 10.6 Å². The Bertz CT molecular complexity index is 412. The number of rotatable bonds is 2. The Morgan fingerprint density at radius 1 is 0.733 bits per heavy atom. The van der Waals surface area contributed by atoms with Crippen molar-refractivity contribution in [3.8, 4) is 0 Å². The van der Waals surface area contributed by atoms with Gasteiger partial charge >= 0.3 is 0 Å². The van der Waals surface area contributed by atoms with Crippen LogP contribution < -0.4 is 10.6 Å². The molecule has 0 fully saturated rings. The van der Waals surface area contributed by atoms with Crippen LogP contribution in [-0.2, 0) is 0 Å². The van der Waals surface area contributed by atoms with E-state index in [9.17, 15) is 0 Å². The zero-order valence-corrected chi connectivity index (χ0v) is 10.1. The molecule has 15 heavy (non-hydrogen) atoms. The lowest BCUT2D eigenvalue weighted by Gasteiger charge is -1.92. The van der Waals surface area contributed by atoms with Crippen molar-refractivity contribution in [2.45, 2.75) is 0 Å². The summed E-state index contributed by atoms with van der Waals surface area (Å²) >= 11 is 0. The lowest BCUT2D eigenvalue weighted by atomic mass is 10.4. The fourth-order valence-electron chi connectivity index (χ4n) is 1.40. The van der Waals surface area contributed by atoms with E-state index >= 15 is 0 Å². The van der Waals surface area contributed by atoms with E-state index in [1.807, 2.05) is 36.4 Å². The van der Waals surface area contributed by atoms with Crippen molar-refractivity contribution in [1.29, 1.82) is 0 Å². The Morgan fingerprint density at radius 2 is 1.13 bits per heavy atom. The molecule has 3 heteroatoms. The topological polar surface area (TPSA) is 12.4 Å². The quantitative estimate of drug-likeness (QED) is 0.552. The first kappa shape index (κ1) is 10.3. The number of hydrogen-bond donors (Lipinski definition) is 0. The first-order valence-corrected chi connectivity index (χ1v) is 6.43. The van der Waals surface area contributed by atoms with Crippen LogP contribution in [0.25, 0.3) is 0 Å². The monoisotopic (exact) mass is 227 g/mol. The van der Waals surface area contributed by atoms with Gasteiger partial charge in [-0.25, -0.2) is 0 Å². The van der Waals surface area contributed by atoms with Crippen molar-refractivity contribution in [2.24, 2.45) is 4.41 Å². The minimum absolute atomic E-state index is 0.610. The molecule has 2 aromatic rings. The zero-order chi connectivity index (χ0) is 10.5. The van der Waals surface area contributed by atoms with Crippen LogP contribution >= 0.6 is 7.71 Å². The molecular weight excluding hydrogens is 217 g/mol. The van der Waals surface area contributed by atoms with Crippen molar-refractivity contribution >= 4 is 28.7 Å². The second kappa shape index (κ2) is 5.01. The van der Waals surface area contributed by atoms with Crippen LogP contribution in [0.1, 0.15) is 0 Å². The minimum Gasteiger partial charge on any atom is -0.154 e. The molecule has 2 aromatic carbocycles. The van der Waals surface area contributed by atoms with Gasteiger partial charge in [0.05, 0.1) is 0 Å². The van der Waals surface area contributed by atoms with E-state index in [0.29, 0.717) is 0 Å². The molecule has 0 aliphatic heterocycles. The van der Waals surface area contributed by atoms with Gasteiger partial charge < -0.3 is 0 Å². The molecule has 0 N–H and O–H groups in total. The van der Waals surface area contributed by atoms with Gasteiger partial charge in [0.25, 0.3) is 18.1 Å². The van der Waals surface area contributed by atoms with E-state index in [0.717, 1.165) is 0 Å². The molecule has 0 aliphatic carbocycles. The summed E-state index contributed by atoms with van der Waals surface area (Å²) in [5, 5.41) is 2.52. The van der Waals surface area contributed by atoms with E-state index < -0.39 is 7.71 Å². The Balaban J connectivity index is 2.44. The van der Waals surface area contributed by atoms with Crippen LogP contribution in [0.4, 0.5) is 0 Å². The highest BCUT2D eigenvalue weighted by atomic mass is 31.1. The first-order valence-electron chi connectivity index (χ1n) is 4.69. The Morgan fingerprint density at radius 3 is 1.47 bits per heavy atom. The normalized spacial score (nSPS) is 9.67. The molecule has 71 valence electrons. The highest BCUT2D eigenvalue weighted by Gasteiger charge is 2.17. The zero-order valence-electron chi connectivity index (χ0n) is 8.17. The first-order chi connectivity index (χ1) is 7.42. The average Bonchev–Trinajstić information content (AvgIpc) is 2.33. The molecule has 0 heterocycles. The van der Waals surface area contributed by atoms with Gasteiger partial charge in [-0.05, 0) is 24.3 Å². The van der Waals surface area contributed by atoms with Crippen molar-refractivity contribution in [3.63, 3.8) is 0 Å². The molecule has 2 rings (SSSR count). The maximum Gasteiger partial charge on any atom is 0.292 e. The largest absolute Gasteiger partial charge is 0.292 e. The second-order valence-electron chi connectivity index (χ2n) is 3.08. The number of nitrogens with zero attached hydrogens (tertiary/aromatic N) is 1. The van der Waals surface area contributed by atoms with Crippen LogP contribution in [0.2, 0.25) is 0 Å². The fraction of sp³-hybridized carbons (Fsp3) is 0. The number of hydrogen-bond acceptors (Lipinski definition) is 1.